The van der Waals surface area contributed by atoms with Gasteiger partial charge >= 0.3 is 6.36 Å². The number of hydrogen-bond donors (Lipinski definition) is 0. The zero-order valence-corrected chi connectivity index (χ0v) is 12.0. The summed E-state index contributed by atoms with van der Waals surface area (Å²) in [6.45, 7) is 0.162. The molecule has 0 saturated carbocycles. The molecule has 0 fully saturated rings. The summed E-state index contributed by atoms with van der Waals surface area (Å²) >= 11 is 0. The van der Waals surface area contributed by atoms with Gasteiger partial charge in [0.2, 0.25) is 0 Å². The summed E-state index contributed by atoms with van der Waals surface area (Å²) in [5, 5.41) is 0. The van der Waals surface area contributed by atoms with Gasteiger partial charge in [0.1, 0.15) is 17.4 Å². The Balaban J connectivity index is 1.84. The molecular weight excluding hydrogens is 333 g/mol. The van der Waals surface area contributed by atoms with E-state index in [9.17, 15) is 26.7 Å². The lowest BCUT2D eigenvalue weighted by Crippen LogP contribution is -2.29. The Morgan fingerprint density at radius 3 is 2.38 bits per heavy atom. The first-order valence-corrected chi connectivity index (χ1v) is 6.90. The van der Waals surface area contributed by atoms with Crippen molar-refractivity contribution in [2.45, 2.75) is 12.8 Å². The van der Waals surface area contributed by atoms with Gasteiger partial charge in [-0.2, -0.15) is 0 Å². The monoisotopic (exact) mass is 343 g/mol. The van der Waals surface area contributed by atoms with Crippen LogP contribution in [-0.2, 0) is 6.42 Å². The third kappa shape index (κ3) is 3.17. The number of rotatable bonds is 2. The quantitative estimate of drug-likeness (QED) is 0.770. The molecule has 1 aliphatic heterocycles. The molecule has 0 unspecified atom stereocenters. The molecule has 1 amide bonds. The van der Waals surface area contributed by atoms with E-state index in [1.54, 1.807) is 0 Å². The summed E-state index contributed by atoms with van der Waals surface area (Å²) in [5.41, 5.74) is 0.455. The van der Waals surface area contributed by atoms with Gasteiger partial charge in [0.15, 0.2) is 0 Å². The van der Waals surface area contributed by atoms with E-state index in [1.165, 1.54) is 4.90 Å². The maximum absolute atomic E-state index is 13.7. The van der Waals surface area contributed by atoms with Crippen molar-refractivity contribution in [3.05, 3.63) is 59.2 Å². The third-order valence-corrected chi connectivity index (χ3v) is 3.59. The van der Waals surface area contributed by atoms with Crippen molar-refractivity contribution in [3.8, 4) is 5.75 Å². The minimum atomic E-state index is -4.82. The summed E-state index contributed by atoms with van der Waals surface area (Å²) in [4.78, 5) is 13.6. The molecule has 126 valence electrons. The molecular formula is C16H10F5NO2. The van der Waals surface area contributed by atoms with Crippen LogP contribution in [0.2, 0.25) is 0 Å². The maximum atomic E-state index is 13.7. The second-order valence-corrected chi connectivity index (χ2v) is 5.16. The molecule has 2 aromatic carbocycles. The van der Waals surface area contributed by atoms with E-state index in [4.69, 9.17) is 0 Å². The predicted octanol–water partition coefficient (Wildman–Crippen LogP) is 4.07. The number of carbonyl (C=O) groups is 1. The number of ether oxygens (including phenoxy) is 1. The van der Waals surface area contributed by atoms with Crippen LogP contribution in [0.3, 0.4) is 0 Å². The summed E-state index contributed by atoms with van der Waals surface area (Å²) in [7, 11) is 0. The molecule has 2 aromatic rings. The van der Waals surface area contributed by atoms with Crippen molar-refractivity contribution < 1.29 is 31.5 Å². The molecule has 0 spiro atoms. The van der Waals surface area contributed by atoms with Crippen LogP contribution in [0.25, 0.3) is 0 Å². The number of halogens is 5. The molecule has 1 aliphatic rings. The Labute approximate surface area is 133 Å². The standard InChI is InChI=1S/C16H10F5NO2/c17-10-7-13(18)12-5-6-22(14(12)8-10)15(23)9-1-3-11(4-2-9)24-16(19,20)21/h1-4,7-8H,5-6H2. The number of alkyl halides is 3. The largest absolute Gasteiger partial charge is 0.573 e. The number of hydrogen-bond acceptors (Lipinski definition) is 2. The van der Waals surface area contributed by atoms with Crippen LogP contribution >= 0.6 is 0 Å². The van der Waals surface area contributed by atoms with Crippen molar-refractivity contribution in [1.82, 2.24) is 0 Å². The van der Waals surface area contributed by atoms with Gasteiger partial charge in [0.05, 0.1) is 5.69 Å². The lowest BCUT2D eigenvalue weighted by atomic mass is 10.1. The number of carbonyl (C=O) groups excluding carboxylic acids is 1. The zero-order valence-electron chi connectivity index (χ0n) is 12.0. The van der Waals surface area contributed by atoms with Gasteiger partial charge < -0.3 is 9.64 Å². The summed E-state index contributed by atoms with van der Waals surface area (Å²) < 4.78 is 67.2. The Morgan fingerprint density at radius 1 is 1.08 bits per heavy atom. The second kappa shape index (κ2) is 5.77. The number of fused-ring (bicyclic) bond motifs is 1. The Kier molecular flexibility index (Phi) is 3.90. The molecule has 3 nitrogen and oxygen atoms in total. The molecule has 1 heterocycles. The average molecular weight is 343 g/mol. The van der Waals surface area contributed by atoms with Crippen molar-refractivity contribution in [3.63, 3.8) is 0 Å². The fourth-order valence-corrected chi connectivity index (χ4v) is 2.59. The first-order valence-electron chi connectivity index (χ1n) is 6.90. The van der Waals surface area contributed by atoms with E-state index in [2.05, 4.69) is 4.74 Å². The molecule has 0 N–H and O–H groups in total. The van der Waals surface area contributed by atoms with Crippen LogP contribution in [-0.4, -0.2) is 18.8 Å². The van der Waals surface area contributed by atoms with Gasteiger partial charge in [-0.1, -0.05) is 0 Å². The second-order valence-electron chi connectivity index (χ2n) is 5.16. The lowest BCUT2D eigenvalue weighted by molar-refractivity contribution is -0.274. The molecule has 0 aliphatic carbocycles. The van der Waals surface area contributed by atoms with Gasteiger partial charge in [-0.05, 0) is 36.8 Å². The van der Waals surface area contributed by atoms with E-state index in [1.807, 2.05) is 0 Å². The van der Waals surface area contributed by atoms with Crippen LogP contribution in [0.15, 0.2) is 36.4 Å². The SMILES string of the molecule is O=C(c1ccc(OC(F)(F)F)cc1)N1CCc2c(F)cc(F)cc21. The van der Waals surface area contributed by atoms with Crippen molar-refractivity contribution >= 4 is 11.6 Å². The molecule has 0 radical (unpaired) electrons. The van der Waals surface area contributed by atoms with Crippen LogP contribution in [0.4, 0.5) is 27.6 Å². The first kappa shape index (κ1) is 16.2. The number of nitrogens with zero attached hydrogens (tertiary/aromatic N) is 1. The first-order chi connectivity index (χ1) is 11.2. The van der Waals surface area contributed by atoms with Gasteiger partial charge in [0.25, 0.3) is 5.91 Å². The predicted molar refractivity (Wildman–Crippen MR) is 74.9 cm³/mol. The molecule has 3 rings (SSSR count). The van der Waals surface area contributed by atoms with Crippen LogP contribution < -0.4 is 9.64 Å². The number of benzene rings is 2. The van der Waals surface area contributed by atoms with Crippen molar-refractivity contribution in [2.75, 3.05) is 11.4 Å². The van der Waals surface area contributed by atoms with Gasteiger partial charge in [-0.3, -0.25) is 4.79 Å². The van der Waals surface area contributed by atoms with Gasteiger partial charge in [0, 0.05) is 23.7 Å². The van der Waals surface area contributed by atoms with Crippen molar-refractivity contribution in [1.29, 1.82) is 0 Å². The number of anilines is 1. The fourth-order valence-electron chi connectivity index (χ4n) is 2.59. The minimum Gasteiger partial charge on any atom is -0.406 e. The van der Waals surface area contributed by atoms with E-state index in [-0.39, 0.29) is 29.8 Å². The van der Waals surface area contributed by atoms with Crippen LogP contribution in [0, 0.1) is 11.6 Å². The fraction of sp³-hybridized carbons (Fsp3) is 0.188. The maximum Gasteiger partial charge on any atom is 0.573 e. The molecule has 24 heavy (non-hydrogen) atoms. The third-order valence-electron chi connectivity index (χ3n) is 3.59. The Morgan fingerprint density at radius 2 is 1.75 bits per heavy atom. The summed E-state index contributed by atoms with van der Waals surface area (Å²) in [6.07, 6.45) is -4.59. The minimum absolute atomic E-state index is 0.0852. The normalized spacial score (nSPS) is 13.8. The van der Waals surface area contributed by atoms with Gasteiger partial charge in [-0.25, -0.2) is 8.78 Å². The highest BCUT2D eigenvalue weighted by molar-refractivity contribution is 6.07. The number of amides is 1. The lowest BCUT2D eigenvalue weighted by Gasteiger charge is -2.18. The highest BCUT2D eigenvalue weighted by atomic mass is 19.4. The molecule has 8 heteroatoms. The zero-order chi connectivity index (χ0) is 17.5. The smallest absolute Gasteiger partial charge is 0.406 e. The molecule has 0 atom stereocenters. The highest BCUT2D eigenvalue weighted by Crippen LogP contribution is 2.32. The topological polar surface area (TPSA) is 29.5 Å². The summed E-state index contributed by atoms with van der Waals surface area (Å²) in [5.74, 6) is -2.55. The highest BCUT2D eigenvalue weighted by Gasteiger charge is 2.32. The van der Waals surface area contributed by atoms with Crippen molar-refractivity contribution in [2.24, 2.45) is 0 Å². The molecule has 0 bridgehead atoms. The van der Waals surface area contributed by atoms with Crippen LogP contribution in [0.1, 0.15) is 15.9 Å². The Bertz CT molecular complexity index is 786. The van der Waals surface area contributed by atoms with Gasteiger partial charge in [-0.15, -0.1) is 13.2 Å². The van der Waals surface area contributed by atoms with E-state index >= 15 is 0 Å². The summed E-state index contributed by atoms with van der Waals surface area (Å²) in [6, 6.07) is 6.14. The van der Waals surface area contributed by atoms with E-state index in [0.717, 1.165) is 36.4 Å². The van der Waals surface area contributed by atoms with E-state index in [0.29, 0.717) is 0 Å². The molecule has 0 saturated heterocycles. The Hall–Kier alpha value is -2.64. The van der Waals surface area contributed by atoms with Crippen LogP contribution in [0.5, 0.6) is 5.75 Å². The molecule has 0 aromatic heterocycles. The average Bonchev–Trinajstić information content (AvgIpc) is 2.89. The van der Waals surface area contributed by atoms with E-state index < -0.39 is 29.7 Å².